The molecule has 0 aliphatic carbocycles. The number of rotatable bonds is 7. The number of carbonyl (C=O) groups is 3. The van der Waals surface area contributed by atoms with Crippen LogP contribution in [0.2, 0.25) is 0 Å². The van der Waals surface area contributed by atoms with Crippen LogP contribution in [-0.4, -0.2) is 65.1 Å². The summed E-state index contributed by atoms with van der Waals surface area (Å²) in [5, 5.41) is 2.66. The van der Waals surface area contributed by atoms with Gasteiger partial charge in [0.25, 0.3) is 5.91 Å². The Kier molecular flexibility index (Phi) is 5.68. The molecule has 0 saturated carbocycles. The van der Waals surface area contributed by atoms with Crippen LogP contribution in [0.15, 0.2) is 24.3 Å². The number of nitrogens with two attached hydrogens (primary N) is 1. The average Bonchev–Trinajstić information content (AvgIpc) is 2.99. The van der Waals surface area contributed by atoms with Crippen molar-refractivity contribution in [1.29, 1.82) is 0 Å². The number of hydrogen-bond donors (Lipinski definition) is 3. The van der Waals surface area contributed by atoms with Crippen molar-refractivity contribution in [2.45, 2.75) is 37.8 Å². The second-order valence-electron chi connectivity index (χ2n) is 6.84. The molecule has 2 atom stereocenters. The van der Waals surface area contributed by atoms with Crippen molar-refractivity contribution in [1.82, 2.24) is 9.21 Å². The van der Waals surface area contributed by atoms with E-state index < -0.39 is 34.3 Å². The molecular formula is C17H22N4O6S. The lowest BCUT2D eigenvalue weighted by molar-refractivity contribution is -0.143. The largest absolute Gasteiger partial charge is 0.362 e. The van der Waals surface area contributed by atoms with Crippen molar-refractivity contribution >= 4 is 33.7 Å². The third kappa shape index (κ3) is 4.01. The van der Waals surface area contributed by atoms with Gasteiger partial charge in [-0.1, -0.05) is 12.1 Å². The van der Waals surface area contributed by atoms with E-state index in [0.717, 1.165) is 5.56 Å². The lowest BCUT2D eigenvalue weighted by atomic mass is 10.0. The van der Waals surface area contributed by atoms with Crippen molar-refractivity contribution < 1.29 is 27.4 Å². The van der Waals surface area contributed by atoms with E-state index in [0.29, 0.717) is 35.8 Å². The minimum atomic E-state index is -4.61. The van der Waals surface area contributed by atoms with E-state index in [9.17, 15) is 22.8 Å². The number of nitrogens with zero attached hydrogens (tertiary/aromatic N) is 2. The molecule has 2 saturated heterocycles. The molecule has 0 spiro atoms. The average molecular weight is 410 g/mol. The van der Waals surface area contributed by atoms with Crippen molar-refractivity contribution in [3.8, 4) is 0 Å². The number of β-lactam (4-membered cyclic amide) rings is 1. The van der Waals surface area contributed by atoms with Crippen LogP contribution in [0.25, 0.3) is 0 Å². The first kappa shape index (κ1) is 20.2. The fourth-order valence-corrected chi connectivity index (χ4v) is 4.46. The Morgan fingerprint density at radius 3 is 2.54 bits per heavy atom. The summed E-state index contributed by atoms with van der Waals surface area (Å²) in [5.41, 5.74) is 6.70. The fraction of sp³-hybridized carbons (Fsp3) is 0.471. The summed E-state index contributed by atoms with van der Waals surface area (Å²) < 4.78 is 31.9. The standard InChI is InChI=1S/C17H22N4O6S/c18-8-1-2-13(22)10-11-3-5-12(6-4-11)19-17(24)20-9-7-14-15(20)16(23)21(14)28(25,26)27/h3-6,14-15H,1-2,7-10,18H2,(H,19,24)(H,25,26,27)/t14-,15+/m1/s1. The van der Waals surface area contributed by atoms with Crippen LogP contribution in [0.1, 0.15) is 24.8 Å². The highest BCUT2D eigenvalue weighted by Crippen LogP contribution is 2.35. The highest BCUT2D eigenvalue weighted by molar-refractivity contribution is 7.84. The SMILES string of the molecule is NCCCC(=O)Cc1ccc(NC(=O)N2CC[C@@H]3[C@H]2C(=O)N3S(=O)(=O)O)cc1. The van der Waals surface area contributed by atoms with Gasteiger partial charge >= 0.3 is 16.3 Å². The van der Waals surface area contributed by atoms with Crippen LogP contribution in [0, 0.1) is 0 Å². The molecule has 1 aromatic carbocycles. The summed E-state index contributed by atoms with van der Waals surface area (Å²) >= 11 is 0. The van der Waals surface area contributed by atoms with Gasteiger partial charge in [-0.3, -0.25) is 14.1 Å². The number of ketones is 1. The van der Waals surface area contributed by atoms with Gasteiger partial charge in [-0.05, 0) is 37.1 Å². The summed E-state index contributed by atoms with van der Waals surface area (Å²) in [6.07, 6.45) is 1.65. The highest BCUT2D eigenvalue weighted by Gasteiger charge is 2.60. The summed E-state index contributed by atoms with van der Waals surface area (Å²) in [7, 11) is -4.61. The predicted octanol–water partition coefficient (Wildman–Crippen LogP) is 0.157. The lowest BCUT2D eigenvalue weighted by Crippen LogP contribution is -2.68. The van der Waals surface area contributed by atoms with Gasteiger partial charge < -0.3 is 16.0 Å². The maximum Gasteiger partial charge on any atom is 0.362 e. The van der Waals surface area contributed by atoms with Gasteiger partial charge in [0, 0.05) is 25.1 Å². The molecular weight excluding hydrogens is 388 g/mol. The zero-order valence-electron chi connectivity index (χ0n) is 15.1. The van der Waals surface area contributed by atoms with Gasteiger partial charge in [-0.15, -0.1) is 0 Å². The van der Waals surface area contributed by atoms with Crippen LogP contribution in [-0.2, 0) is 26.3 Å². The Hall–Kier alpha value is -2.50. The van der Waals surface area contributed by atoms with E-state index in [1.54, 1.807) is 24.3 Å². The first-order valence-electron chi connectivity index (χ1n) is 8.91. The molecule has 2 heterocycles. The van der Waals surface area contributed by atoms with Crippen molar-refractivity contribution in [3.63, 3.8) is 0 Å². The quantitative estimate of drug-likeness (QED) is 0.428. The van der Waals surface area contributed by atoms with Crippen molar-refractivity contribution in [3.05, 3.63) is 29.8 Å². The fourth-order valence-electron chi connectivity index (χ4n) is 3.56. The number of benzene rings is 1. The van der Waals surface area contributed by atoms with E-state index in [4.69, 9.17) is 10.3 Å². The molecule has 2 aliphatic heterocycles. The second-order valence-corrected chi connectivity index (χ2v) is 8.13. The third-order valence-corrected chi connectivity index (χ3v) is 5.86. The Labute approximate surface area is 162 Å². The molecule has 0 aromatic heterocycles. The Balaban J connectivity index is 1.57. The van der Waals surface area contributed by atoms with E-state index in [2.05, 4.69) is 5.32 Å². The van der Waals surface area contributed by atoms with E-state index in [1.165, 1.54) is 4.90 Å². The van der Waals surface area contributed by atoms with E-state index in [-0.39, 0.29) is 18.7 Å². The summed E-state index contributed by atoms with van der Waals surface area (Å²) in [4.78, 5) is 37.5. The molecule has 3 rings (SSSR count). The zero-order chi connectivity index (χ0) is 20.5. The third-order valence-electron chi connectivity index (χ3n) is 4.91. The van der Waals surface area contributed by atoms with Crippen LogP contribution in [0.3, 0.4) is 0 Å². The highest BCUT2D eigenvalue weighted by atomic mass is 32.2. The molecule has 2 aliphatic rings. The summed E-state index contributed by atoms with van der Waals surface area (Å²) in [6.45, 7) is 0.673. The normalized spacial score (nSPS) is 21.3. The Morgan fingerprint density at radius 1 is 1.25 bits per heavy atom. The van der Waals surface area contributed by atoms with Gasteiger partial charge in [0.15, 0.2) is 0 Å². The van der Waals surface area contributed by atoms with Gasteiger partial charge in [0.05, 0.1) is 6.04 Å². The molecule has 10 nitrogen and oxygen atoms in total. The van der Waals surface area contributed by atoms with Gasteiger partial charge in [0.1, 0.15) is 11.8 Å². The van der Waals surface area contributed by atoms with Crippen LogP contribution in [0.5, 0.6) is 0 Å². The number of carbonyl (C=O) groups excluding carboxylic acids is 3. The molecule has 1 aromatic rings. The maximum atomic E-state index is 12.5. The molecule has 0 radical (unpaired) electrons. The first-order chi connectivity index (χ1) is 13.2. The Bertz CT molecular complexity index is 885. The number of hydrogen-bond acceptors (Lipinski definition) is 6. The number of anilines is 1. The minimum absolute atomic E-state index is 0.0947. The molecule has 11 heteroatoms. The number of amides is 3. The topological polar surface area (TPSA) is 150 Å². The number of Topliss-reactive ketones (excluding diaryl/α,β-unsaturated/α-hetero) is 1. The Morgan fingerprint density at radius 2 is 1.93 bits per heavy atom. The number of urea groups is 1. The van der Waals surface area contributed by atoms with Gasteiger partial charge in [-0.25, -0.2) is 9.10 Å². The van der Waals surface area contributed by atoms with Crippen molar-refractivity contribution in [2.24, 2.45) is 5.73 Å². The zero-order valence-corrected chi connectivity index (χ0v) is 15.9. The smallest absolute Gasteiger partial charge is 0.330 e. The maximum absolute atomic E-state index is 12.5. The summed E-state index contributed by atoms with van der Waals surface area (Å²) in [5.74, 6) is -0.719. The molecule has 3 amide bonds. The van der Waals surface area contributed by atoms with Crippen LogP contribution in [0.4, 0.5) is 10.5 Å². The molecule has 28 heavy (non-hydrogen) atoms. The van der Waals surface area contributed by atoms with E-state index in [1.807, 2.05) is 0 Å². The molecule has 0 bridgehead atoms. The monoisotopic (exact) mass is 410 g/mol. The van der Waals surface area contributed by atoms with E-state index >= 15 is 0 Å². The number of fused-ring (bicyclic) bond motifs is 1. The van der Waals surface area contributed by atoms with Gasteiger partial charge in [0.2, 0.25) is 0 Å². The molecule has 4 N–H and O–H groups in total. The molecule has 152 valence electrons. The number of likely N-dealkylation sites (tertiary alicyclic amines) is 1. The minimum Gasteiger partial charge on any atom is -0.330 e. The van der Waals surface area contributed by atoms with Crippen LogP contribution >= 0.6 is 0 Å². The molecule has 0 unspecified atom stereocenters. The van der Waals surface area contributed by atoms with Crippen molar-refractivity contribution in [2.75, 3.05) is 18.4 Å². The van der Waals surface area contributed by atoms with Gasteiger partial charge in [-0.2, -0.15) is 8.42 Å². The summed E-state index contributed by atoms with van der Waals surface area (Å²) in [6, 6.07) is 4.64. The van der Waals surface area contributed by atoms with Crippen LogP contribution < -0.4 is 11.1 Å². The number of nitrogens with one attached hydrogen (secondary N) is 1. The molecule has 2 fully saturated rings. The predicted molar refractivity (Wildman–Crippen MR) is 99.8 cm³/mol. The first-order valence-corrected chi connectivity index (χ1v) is 10.3. The lowest BCUT2D eigenvalue weighted by Gasteiger charge is -2.42. The second kappa shape index (κ2) is 7.86.